The van der Waals surface area contributed by atoms with E-state index in [1.165, 1.54) is 7.11 Å². The van der Waals surface area contributed by atoms with Gasteiger partial charge < -0.3 is 15.2 Å². The number of ether oxygens (including phenoxy) is 2. The van der Waals surface area contributed by atoms with Crippen LogP contribution in [-0.2, 0) is 0 Å². The molecule has 0 aromatic carbocycles. The minimum Gasteiger partial charge on any atom is -0.481 e. The van der Waals surface area contributed by atoms with E-state index in [-0.39, 0.29) is 5.95 Å². The minimum atomic E-state index is 0.151. The predicted octanol–water partition coefficient (Wildman–Crippen LogP) is 0.466. The molecule has 0 fully saturated rings. The Balaban J connectivity index is 2.90. The van der Waals surface area contributed by atoms with E-state index < -0.39 is 0 Å². The van der Waals surface area contributed by atoms with Gasteiger partial charge in [-0.05, 0) is 6.92 Å². The molecular formula is C7H11N3O2. The number of nitrogen functional groups attached to an aromatic ring is 1. The fraction of sp³-hybridized carbons (Fsp3) is 0.429. The van der Waals surface area contributed by atoms with Gasteiger partial charge >= 0.3 is 0 Å². The molecule has 0 saturated carbocycles. The fourth-order valence-corrected chi connectivity index (χ4v) is 0.747. The lowest BCUT2D eigenvalue weighted by Crippen LogP contribution is -2.01. The van der Waals surface area contributed by atoms with E-state index in [1.807, 2.05) is 6.92 Å². The highest BCUT2D eigenvalue weighted by Crippen LogP contribution is 2.15. The Morgan fingerprint density at radius 2 is 2.08 bits per heavy atom. The van der Waals surface area contributed by atoms with Crippen LogP contribution in [0.2, 0.25) is 0 Å². The Kier molecular flexibility index (Phi) is 2.68. The van der Waals surface area contributed by atoms with Gasteiger partial charge in [0.2, 0.25) is 17.7 Å². The van der Waals surface area contributed by atoms with Crippen molar-refractivity contribution < 1.29 is 9.47 Å². The Morgan fingerprint density at radius 3 is 2.67 bits per heavy atom. The van der Waals surface area contributed by atoms with Crippen molar-refractivity contribution in [2.24, 2.45) is 0 Å². The van der Waals surface area contributed by atoms with Crippen molar-refractivity contribution in [2.75, 3.05) is 19.5 Å². The number of hydrogen-bond donors (Lipinski definition) is 1. The van der Waals surface area contributed by atoms with Crippen molar-refractivity contribution in [1.29, 1.82) is 0 Å². The second-order valence-corrected chi connectivity index (χ2v) is 2.04. The largest absolute Gasteiger partial charge is 0.481 e. The Labute approximate surface area is 70.5 Å². The summed E-state index contributed by atoms with van der Waals surface area (Å²) in [5.41, 5.74) is 5.38. The smallest absolute Gasteiger partial charge is 0.226 e. The zero-order valence-electron chi connectivity index (χ0n) is 7.07. The van der Waals surface area contributed by atoms with Crippen molar-refractivity contribution in [1.82, 2.24) is 9.97 Å². The number of anilines is 1. The molecule has 1 aromatic heterocycles. The third-order valence-corrected chi connectivity index (χ3v) is 1.20. The first kappa shape index (κ1) is 8.58. The van der Waals surface area contributed by atoms with E-state index in [0.29, 0.717) is 18.4 Å². The van der Waals surface area contributed by atoms with Crippen LogP contribution >= 0.6 is 0 Å². The van der Waals surface area contributed by atoms with Crippen molar-refractivity contribution >= 4 is 5.95 Å². The molecule has 0 atom stereocenters. The summed E-state index contributed by atoms with van der Waals surface area (Å²) in [6.07, 6.45) is 0. The first-order valence-electron chi connectivity index (χ1n) is 3.57. The SMILES string of the molecule is CCOc1cc(OC)nc(N)n1. The van der Waals surface area contributed by atoms with Crippen LogP contribution in [0.3, 0.4) is 0 Å². The molecule has 0 bridgehead atoms. The molecule has 0 radical (unpaired) electrons. The summed E-state index contributed by atoms with van der Waals surface area (Å²) in [4.78, 5) is 7.63. The lowest BCUT2D eigenvalue weighted by atomic mass is 10.6. The van der Waals surface area contributed by atoms with Gasteiger partial charge in [-0.1, -0.05) is 0 Å². The van der Waals surface area contributed by atoms with E-state index in [1.54, 1.807) is 6.07 Å². The average molecular weight is 169 g/mol. The molecule has 0 aliphatic carbocycles. The zero-order chi connectivity index (χ0) is 8.97. The summed E-state index contributed by atoms with van der Waals surface area (Å²) in [6, 6.07) is 1.58. The molecule has 0 aliphatic heterocycles. The molecule has 1 heterocycles. The molecule has 1 aromatic rings. The molecule has 0 saturated heterocycles. The van der Waals surface area contributed by atoms with E-state index in [2.05, 4.69) is 9.97 Å². The van der Waals surface area contributed by atoms with Crippen molar-refractivity contribution in [3.8, 4) is 11.8 Å². The standard InChI is InChI=1S/C7H11N3O2/c1-3-12-6-4-5(11-2)9-7(8)10-6/h4H,3H2,1-2H3,(H2,8,9,10). The van der Waals surface area contributed by atoms with Crippen LogP contribution in [0.4, 0.5) is 5.95 Å². The highest BCUT2D eigenvalue weighted by molar-refractivity contribution is 5.29. The normalized spacial score (nSPS) is 9.50. The number of nitrogens with two attached hydrogens (primary N) is 1. The van der Waals surface area contributed by atoms with Gasteiger partial charge in [0, 0.05) is 0 Å². The minimum absolute atomic E-state index is 0.151. The van der Waals surface area contributed by atoms with E-state index in [4.69, 9.17) is 15.2 Å². The van der Waals surface area contributed by atoms with Gasteiger partial charge in [-0.3, -0.25) is 0 Å². The molecule has 0 amide bonds. The number of nitrogens with zero attached hydrogens (tertiary/aromatic N) is 2. The van der Waals surface area contributed by atoms with Crippen molar-refractivity contribution in [2.45, 2.75) is 6.92 Å². The van der Waals surface area contributed by atoms with Crippen LogP contribution in [-0.4, -0.2) is 23.7 Å². The van der Waals surface area contributed by atoms with Crippen LogP contribution in [0.5, 0.6) is 11.8 Å². The number of rotatable bonds is 3. The molecule has 1 rings (SSSR count). The lowest BCUT2D eigenvalue weighted by molar-refractivity contribution is 0.321. The fourth-order valence-electron chi connectivity index (χ4n) is 0.747. The first-order valence-corrected chi connectivity index (χ1v) is 3.57. The third-order valence-electron chi connectivity index (χ3n) is 1.20. The summed E-state index contributed by atoms with van der Waals surface area (Å²) in [6.45, 7) is 2.41. The Hall–Kier alpha value is -1.52. The molecule has 66 valence electrons. The molecule has 0 spiro atoms. The first-order chi connectivity index (χ1) is 5.76. The van der Waals surface area contributed by atoms with Crippen molar-refractivity contribution in [3.05, 3.63) is 6.07 Å². The number of methoxy groups -OCH3 is 1. The second kappa shape index (κ2) is 3.75. The lowest BCUT2D eigenvalue weighted by Gasteiger charge is -2.04. The van der Waals surface area contributed by atoms with Gasteiger partial charge in [-0.15, -0.1) is 0 Å². The second-order valence-electron chi connectivity index (χ2n) is 2.04. The highest BCUT2D eigenvalue weighted by atomic mass is 16.5. The third kappa shape index (κ3) is 1.98. The Bertz CT molecular complexity index is 265. The summed E-state index contributed by atoms with van der Waals surface area (Å²) >= 11 is 0. The van der Waals surface area contributed by atoms with E-state index >= 15 is 0 Å². The summed E-state index contributed by atoms with van der Waals surface area (Å²) < 4.78 is 9.99. The molecule has 2 N–H and O–H groups in total. The highest BCUT2D eigenvalue weighted by Gasteiger charge is 2.01. The van der Waals surface area contributed by atoms with Crippen LogP contribution in [0.1, 0.15) is 6.92 Å². The molecule has 0 aliphatic rings. The number of aromatic nitrogens is 2. The molecule has 5 nitrogen and oxygen atoms in total. The maximum Gasteiger partial charge on any atom is 0.226 e. The van der Waals surface area contributed by atoms with Crippen LogP contribution < -0.4 is 15.2 Å². The van der Waals surface area contributed by atoms with E-state index in [9.17, 15) is 0 Å². The van der Waals surface area contributed by atoms with Crippen LogP contribution in [0, 0.1) is 0 Å². The topological polar surface area (TPSA) is 70.3 Å². The predicted molar refractivity (Wildman–Crippen MR) is 44.2 cm³/mol. The average Bonchev–Trinajstić information content (AvgIpc) is 2.04. The van der Waals surface area contributed by atoms with Gasteiger partial charge in [-0.2, -0.15) is 9.97 Å². The summed E-state index contributed by atoms with van der Waals surface area (Å²) in [5.74, 6) is 0.991. The van der Waals surface area contributed by atoms with Gasteiger partial charge in [-0.25, -0.2) is 0 Å². The quantitative estimate of drug-likeness (QED) is 0.712. The molecule has 0 unspecified atom stereocenters. The monoisotopic (exact) mass is 169 g/mol. The van der Waals surface area contributed by atoms with Gasteiger partial charge in [0.25, 0.3) is 0 Å². The zero-order valence-corrected chi connectivity index (χ0v) is 7.07. The Morgan fingerprint density at radius 1 is 1.42 bits per heavy atom. The maximum atomic E-state index is 5.38. The maximum absolute atomic E-state index is 5.38. The molecular weight excluding hydrogens is 158 g/mol. The van der Waals surface area contributed by atoms with Crippen LogP contribution in [0.15, 0.2) is 6.07 Å². The van der Waals surface area contributed by atoms with Crippen LogP contribution in [0.25, 0.3) is 0 Å². The van der Waals surface area contributed by atoms with Gasteiger partial charge in [0.15, 0.2) is 0 Å². The summed E-state index contributed by atoms with van der Waals surface area (Å²) in [5, 5.41) is 0. The van der Waals surface area contributed by atoms with Crippen molar-refractivity contribution in [3.63, 3.8) is 0 Å². The van der Waals surface area contributed by atoms with Gasteiger partial charge in [0.1, 0.15) is 0 Å². The number of hydrogen-bond acceptors (Lipinski definition) is 5. The van der Waals surface area contributed by atoms with E-state index in [0.717, 1.165) is 0 Å². The summed E-state index contributed by atoms with van der Waals surface area (Å²) in [7, 11) is 1.51. The molecule has 5 heteroatoms. The van der Waals surface area contributed by atoms with Gasteiger partial charge in [0.05, 0.1) is 19.8 Å². The molecule has 12 heavy (non-hydrogen) atoms.